The molecule has 19 nitrogen and oxygen atoms in total. The van der Waals surface area contributed by atoms with E-state index in [2.05, 4.69) is 30.6 Å². The largest absolute Gasteiger partial charge is 0.494 e. The van der Waals surface area contributed by atoms with Gasteiger partial charge in [-0.3, -0.25) is 19.2 Å². The molecule has 8 N–H and O–H groups in total. The number of nitrogens with two attached hydrogens (primary N) is 1. The van der Waals surface area contributed by atoms with Crippen molar-refractivity contribution in [1.29, 1.82) is 0 Å². The van der Waals surface area contributed by atoms with Crippen LogP contribution < -0.4 is 36.0 Å². The second kappa shape index (κ2) is 24.2. The molecular weight excluding hydrogens is 801 g/mol. The number of carbonyl (C=O) groups excluding carboxylic acids is 3. The summed E-state index contributed by atoms with van der Waals surface area (Å²) in [6.07, 6.45) is 5.27. The molecule has 20 heteroatoms. The van der Waals surface area contributed by atoms with Crippen LogP contribution in [0.4, 0.5) is 11.6 Å². The molecule has 2 heterocycles. The first-order valence-electron chi connectivity index (χ1n) is 19.9. The van der Waals surface area contributed by atoms with E-state index in [1.807, 2.05) is 6.07 Å². The highest BCUT2D eigenvalue weighted by molar-refractivity contribution is 7.89. The number of fused-ring (bicyclic) bond motifs is 1. The summed E-state index contributed by atoms with van der Waals surface area (Å²) in [7, 11) is -2.73. The third-order valence-electron chi connectivity index (χ3n) is 9.47. The zero-order chi connectivity index (χ0) is 43.5. The predicted molar refractivity (Wildman–Crippen MR) is 223 cm³/mol. The van der Waals surface area contributed by atoms with Crippen molar-refractivity contribution in [3.63, 3.8) is 0 Å². The maximum atomic E-state index is 13.6. The van der Waals surface area contributed by atoms with E-state index in [-0.39, 0.29) is 36.0 Å². The summed E-state index contributed by atoms with van der Waals surface area (Å²) < 4.78 is 51.4. The first-order chi connectivity index (χ1) is 28.8. The van der Waals surface area contributed by atoms with Crippen LogP contribution in [0.2, 0.25) is 0 Å². The summed E-state index contributed by atoms with van der Waals surface area (Å²) >= 11 is 0. The van der Waals surface area contributed by atoms with Crippen LogP contribution in [0.3, 0.4) is 0 Å². The summed E-state index contributed by atoms with van der Waals surface area (Å²) in [6, 6.07) is 5.67. The van der Waals surface area contributed by atoms with Crippen LogP contribution in [0.5, 0.6) is 5.75 Å². The fourth-order valence-electron chi connectivity index (χ4n) is 6.43. The first kappa shape index (κ1) is 47.6. The van der Waals surface area contributed by atoms with Crippen molar-refractivity contribution < 1.29 is 51.6 Å². The molecule has 2 amide bonds. The molecule has 0 fully saturated rings. The molecule has 0 radical (unpaired) electrons. The van der Waals surface area contributed by atoms with Gasteiger partial charge in [-0.15, -0.1) is 0 Å². The number of nitrogens with one attached hydrogen (secondary N) is 5. The number of hydrogen-bond acceptors (Lipinski definition) is 14. The summed E-state index contributed by atoms with van der Waals surface area (Å²) in [5.74, 6) is -1.56. The number of carbonyl (C=O) groups is 4. The zero-order valence-corrected chi connectivity index (χ0v) is 35.2. The second-order valence-corrected chi connectivity index (χ2v) is 15.8. The van der Waals surface area contributed by atoms with Gasteiger partial charge in [0.25, 0.3) is 0 Å². The number of anilines is 2. The van der Waals surface area contributed by atoms with E-state index in [0.717, 1.165) is 12.0 Å². The van der Waals surface area contributed by atoms with E-state index in [9.17, 15) is 32.7 Å². The SMILES string of the molecule is Cc1cc(OCCCC(=O)NCCCOCCOCCOCCCN)cc(C)c1S(=O)(=O)NC(CNC(=O)C1CC(=O)c2ccc(CNc3ncc[nH]3)cc2N1C)C(=O)O. The van der Waals surface area contributed by atoms with Gasteiger partial charge in [0.2, 0.25) is 21.8 Å². The Balaban J connectivity index is 1.19. The van der Waals surface area contributed by atoms with Gasteiger partial charge in [0.1, 0.15) is 17.8 Å². The third kappa shape index (κ3) is 14.9. The monoisotopic (exact) mass is 858 g/mol. The minimum Gasteiger partial charge on any atom is -0.494 e. The Kier molecular flexibility index (Phi) is 19.2. The minimum atomic E-state index is -4.39. The Morgan fingerprint density at radius 3 is 2.30 bits per heavy atom. The van der Waals surface area contributed by atoms with Crippen LogP contribution in [-0.2, 0) is 45.2 Å². The number of aliphatic carboxylic acids is 1. The lowest BCUT2D eigenvalue weighted by Crippen LogP contribution is -2.54. The number of rotatable bonds is 28. The van der Waals surface area contributed by atoms with Gasteiger partial charge in [0.05, 0.1) is 37.9 Å². The average molecular weight is 859 g/mol. The number of benzene rings is 2. The lowest BCUT2D eigenvalue weighted by molar-refractivity contribution is -0.139. The van der Waals surface area contributed by atoms with Crippen LogP contribution in [0.1, 0.15) is 59.2 Å². The number of aromatic amines is 1. The van der Waals surface area contributed by atoms with Crippen molar-refractivity contribution in [2.24, 2.45) is 5.73 Å². The predicted octanol–water partition coefficient (Wildman–Crippen LogP) is 1.64. The number of hydrogen-bond donors (Lipinski definition) is 7. The average Bonchev–Trinajstić information content (AvgIpc) is 3.74. The Bertz CT molecular complexity index is 1960. The number of nitrogens with zero attached hydrogens (tertiary/aromatic N) is 2. The second-order valence-electron chi connectivity index (χ2n) is 14.2. The molecule has 1 aromatic heterocycles. The van der Waals surface area contributed by atoms with E-state index >= 15 is 0 Å². The standard InChI is InChI=1S/C40H58N8O11S/c1-27-21-30(59-16-4-7-36(50)42-11-6-15-57-18-20-58-19-17-56-14-5-10-41)22-28(2)37(27)60(54,55)47-32(39(52)53)26-45-38(51)34-24-35(49)31-9-8-29(23-33(31)48(34)3)25-46-40-43-12-13-44-40/h8-9,12-13,21-23,32,34,47H,4-7,10-11,14-20,24-26,41H2,1-3H3,(H,42,50)(H,45,51)(H,52,53)(H2,43,44,46). The maximum Gasteiger partial charge on any atom is 0.323 e. The molecule has 3 aromatic rings. The third-order valence-corrected chi connectivity index (χ3v) is 11.2. The Hall–Kier alpha value is -5.12. The molecule has 2 unspecified atom stereocenters. The number of H-pyrrole nitrogens is 1. The smallest absolute Gasteiger partial charge is 0.323 e. The van der Waals surface area contributed by atoms with Crippen LogP contribution in [-0.4, -0.2) is 132 Å². The van der Waals surface area contributed by atoms with Crippen molar-refractivity contribution in [1.82, 2.24) is 25.3 Å². The van der Waals surface area contributed by atoms with Gasteiger partial charge in [-0.2, -0.15) is 4.72 Å². The zero-order valence-electron chi connectivity index (χ0n) is 34.4. The summed E-state index contributed by atoms with van der Waals surface area (Å²) in [6.45, 7) is 7.26. The van der Waals surface area contributed by atoms with Crippen molar-refractivity contribution in [2.75, 3.05) is 83.1 Å². The molecule has 4 rings (SSSR count). The lowest BCUT2D eigenvalue weighted by atomic mass is 9.93. The fraction of sp³-hybridized carbons (Fsp3) is 0.525. The van der Waals surface area contributed by atoms with Gasteiger partial charge in [-0.1, -0.05) is 6.07 Å². The molecule has 0 spiro atoms. The first-order valence-corrected chi connectivity index (χ1v) is 21.4. The van der Waals surface area contributed by atoms with Crippen LogP contribution in [0.15, 0.2) is 47.6 Å². The number of ketones is 1. The molecule has 60 heavy (non-hydrogen) atoms. The van der Waals surface area contributed by atoms with Gasteiger partial charge in [-0.05, 0) is 80.6 Å². The van der Waals surface area contributed by atoms with Crippen molar-refractivity contribution in [2.45, 2.75) is 69.5 Å². The number of amides is 2. The minimum absolute atomic E-state index is 0.126. The van der Waals surface area contributed by atoms with E-state index in [1.165, 1.54) is 12.1 Å². The van der Waals surface area contributed by atoms with Gasteiger partial charge in [0.15, 0.2) is 11.7 Å². The number of aryl methyl sites for hydroxylation is 2. The van der Waals surface area contributed by atoms with Gasteiger partial charge < -0.3 is 55.6 Å². The molecule has 1 aliphatic rings. The van der Waals surface area contributed by atoms with Crippen molar-refractivity contribution in [3.8, 4) is 5.75 Å². The number of Topliss-reactive ketones (excluding diaryl/α,β-unsaturated/α-hetero) is 1. The Morgan fingerprint density at radius 2 is 1.65 bits per heavy atom. The van der Waals surface area contributed by atoms with E-state index in [1.54, 1.807) is 50.3 Å². The van der Waals surface area contributed by atoms with Gasteiger partial charge in [0, 0.05) is 76.4 Å². The normalized spacial score (nSPS) is 14.4. The number of imidazole rings is 1. The van der Waals surface area contributed by atoms with Crippen LogP contribution in [0, 0.1) is 13.8 Å². The molecule has 1 aliphatic heterocycles. The lowest BCUT2D eigenvalue weighted by Gasteiger charge is -2.34. The molecule has 2 aromatic carbocycles. The van der Waals surface area contributed by atoms with Crippen LogP contribution in [0.25, 0.3) is 0 Å². The Morgan fingerprint density at radius 1 is 0.967 bits per heavy atom. The topological polar surface area (TPSA) is 266 Å². The highest BCUT2D eigenvalue weighted by Crippen LogP contribution is 2.31. The number of carboxylic acid groups (broad SMARTS) is 1. The number of carboxylic acids is 1. The maximum absolute atomic E-state index is 13.6. The van der Waals surface area contributed by atoms with E-state index in [0.29, 0.717) is 106 Å². The van der Waals surface area contributed by atoms with Gasteiger partial charge in [-0.25, -0.2) is 13.4 Å². The van der Waals surface area contributed by atoms with Gasteiger partial charge >= 0.3 is 5.97 Å². The number of sulfonamides is 1. The number of ether oxygens (including phenoxy) is 4. The summed E-state index contributed by atoms with van der Waals surface area (Å²) in [4.78, 5) is 59.5. The quantitative estimate of drug-likeness (QED) is 0.0512. The Labute approximate surface area is 350 Å². The summed E-state index contributed by atoms with van der Waals surface area (Å²) in [5.41, 5.74) is 7.85. The molecule has 0 bridgehead atoms. The van der Waals surface area contributed by atoms with Crippen molar-refractivity contribution in [3.05, 3.63) is 65.0 Å². The highest BCUT2D eigenvalue weighted by atomic mass is 32.2. The molecule has 0 saturated carbocycles. The van der Waals surface area contributed by atoms with Crippen molar-refractivity contribution >= 4 is 45.2 Å². The molecular formula is C40H58N8O11S. The van der Waals surface area contributed by atoms with Crippen LogP contribution >= 0.6 is 0 Å². The number of likely N-dealkylation sites (N-methyl/N-ethyl adjacent to an activating group) is 1. The highest BCUT2D eigenvalue weighted by Gasteiger charge is 2.35. The molecule has 0 aliphatic carbocycles. The molecule has 2 atom stereocenters. The number of aromatic nitrogens is 2. The fourth-order valence-corrected chi connectivity index (χ4v) is 8.07. The summed E-state index contributed by atoms with van der Waals surface area (Å²) in [5, 5.41) is 18.4. The molecule has 0 saturated heterocycles. The molecule has 330 valence electrons. The van der Waals surface area contributed by atoms with E-state index in [4.69, 9.17) is 24.7 Å². The van der Waals surface area contributed by atoms with E-state index < -0.39 is 40.5 Å².